The third kappa shape index (κ3) is 9.68. The first kappa shape index (κ1) is 20.0. The van der Waals surface area contributed by atoms with E-state index in [2.05, 4.69) is 12.1 Å². The van der Waals surface area contributed by atoms with E-state index < -0.39 is 0 Å². The monoisotopic (exact) mass is 294 g/mol. The van der Waals surface area contributed by atoms with Crippen molar-refractivity contribution in [3.63, 3.8) is 0 Å². The number of rotatable bonds is 8. The Morgan fingerprint density at radius 2 is 1.72 bits per heavy atom. The lowest BCUT2D eigenvalue weighted by Crippen LogP contribution is -2.26. The Labute approximate surface area is 122 Å². The second-order valence-electron chi connectivity index (χ2n) is 4.05. The molecule has 0 amide bonds. The van der Waals surface area contributed by atoms with Crippen LogP contribution in [0.1, 0.15) is 24.8 Å². The summed E-state index contributed by atoms with van der Waals surface area (Å²) < 4.78 is 5.56. The molecule has 3 nitrogen and oxygen atoms in total. The van der Waals surface area contributed by atoms with E-state index in [9.17, 15) is 0 Å². The molecule has 0 aliphatic heterocycles. The Hall–Kier alpha value is -0.320. The van der Waals surface area contributed by atoms with Crippen molar-refractivity contribution in [2.75, 3.05) is 13.2 Å². The first-order chi connectivity index (χ1) is 7.83. The summed E-state index contributed by atoms with van der Waals surface area (Å²) in [6.07, 6.45) is 3.13. The lowest BCUT2D eigenvalue weighted by atomic mass is 10.1. The first-order valence-corrected chi connectivity index (χ1v) is 5.90. The van der Waals surface area contributed by atoms with Crippen LogP contribution in [0.25, 0.3) is 0 Å². The van der Waals surface area contributed by atoms with Gasteiger partial charge in [0.25, 0.3) is 0 Å². The van der Waals surface area contributed by atoms with Gasteiger partial charge in [-0.25, -0.2) is 0 Å². The zero-order valence-corrected chi connectivity index (χ0v) is 12.2. The molecule has 4 N–H and O–H groups in total. The van der Waals surface area contributed by atoms with E-state index in [1.807, 2.05) is 18.2 Å². The molecule has 5 heteroatoms. The fourth-order valence-electron chi connectivity index (χ4n) is 1.54. The van der Waals surface area contributed by atoms with Crippen molar-refractivity contribution in [2.24, 2.45) is 11.5 Å². The Morgan fingerprint density at radius 3 is 2.33 bits per heavy atom. The molecule has 0 bridgehead atoms. The molecule has 1 rings (SSSR count). The molecule has 0 spiro atoms. The SMILES string of the molecule is Cl.Cl.NCCCCC(N)COCc1ccccc1. The smallest absolute Gasteiger partial charge is 0.0717 e. The molecule has 1 aromatic carbocycles. The van der Waals surface area contributed by atoms with Crippen molar-refractivity contribution < 1.29 is 4.74 Å². The molecule has 0 aromatic heterocycles. The number of unbranched alkanes of at least 4 members (excludes halogenated alkanes) is 1. The Morgan fingerprint density at radius 1 is 1.06 bits per heavy atom. The Kier molecular flexibility index (Phi) is 14.6. The van der Waals surface area contributed by atoms with E-state index in [1.165, 1.54) is 5.56 Å². The van der Waals surface area contributed by atoms with Gasteiger partial charge in [-0.3, -0.25) is 0 Å². The van der Waals surface area contributed by atoms with Crippen LogP contribution in [-0.4, -0.2) is 19.2 Å². The van der Waals surface area contributed by atoms with Gasteiger partial charge in [0.15, 0.2) is 0 Å². The lowest BCUT2D eigenvalue weighted by molar-refractivity contribution is 0.105. The van der Waals surface area contributed by atoms with Crippen LogP contribution in [0, 0.1) is 0 Å². The van der Waals surface area contributed by atoms with Crippen LogP contribution in [0.3, 0.4) is 0 Å². The Balaban J connectivity index is 0. The lowest BCUT2D eigenvalue weighted by Gasteiger charge is -2.11. The molecule has 1 aromatic rings. The summed E-state index contributed by atoms with van der Waals surface area (Å²) in [5, 5.41) is 0. The summed E-state index contributed by atoms with van der Waals surface area (Å²) in [6.45, 7) is 2.02. The number of benzene rings is 1. The van der Waals surface area contributed by atoms with Crippen molar-refractivity contribution in [1.29, 1.82) is 0 Å². The van der Waals surface area contributed by atoms with Crippen LogP contribution in [0.2, 0.25) is 0 Å². The zero-order valence-electron chi connectivity index (χ0n) is 10.6. The summed E-state index contributed by atoms with van der Waals surface area (Å²) in [5.41, 5.74) is 12.5. The van der Waals surface area contributed by atoms with E-state index in [4.69, 9.17) is 16.2 Å². The van der Waals surface area contributed by atoms with E-state index in [0.717, 1.165) is 25.8 Å². The topological polar surface area (TPSA) is 61.3 Å². The average molecular weight is 295 g/mol. The van der Waals surface area contributed by atoms with Crippen molar-refractivity contribution >= 4 is 24.8 Å². The second kappa shape index (κ2) is 13.1. The third-order valence-electron chi connectivity index (χ3n) is 2.47. The molecule has 0 saturated carbocycles. The van der Waals surface area contributed by atoms with Gasteiger partial charge in [0.2, 0.25) is 0 Å². The van der Waals surface area contributed by atoms with Gasteiger partial charge in [0.1, 0.15) is 0 Å². The van der Waals surface area contributed by atoms with Crippen LogP contribution in [0.5, 0.6) is 0 Å². The minimum absolute atomic E-state index is 0. The third-order valence-corrected chi connectivity index (χ3v) is 2.47. The normalized spacial score (nSPS) is 11.2. The highest BCUT2D eigenvalue weighted by Crippen LogP contribution is 2.03. The highest BCUT2D eigenvalue weighted by atomic mass is 35.5. The van der Waals surface area contributed by atoms with Gasteiger partial charge in [0.05, 0.1) is 13.2 Å². The molecule has 0 fully saturated rings. The highest BCUT2D eigenvalue weighted by Gasteiger charge is 2.02. The molecular formula is C13H24Cl2N2O. The van der Waals surface area contributed by atoms with Crippen LogP contribution in [0.4, 0.5) is 0 Å². The van der Waals surface area contributed by atoms with E-state index in [1.54, 1.807) is 0 Å². The predicted molar refractivity (Wildman–Crippen MR) is 81.5 cm³/mol. The molecular weight excluding hydrogens is 271 g/mol. The quantitative estimate of drug-likeness (QED) is 0.724. The maximum Gasteiger partial charge on any atom is 0.0717 e. The van der Waals surface area contributed by atoms with Crippen molar-refractivity contribution in [3.8, 4) is 0 Å². The molecule has 0 saturated heterocycles. The summed E-state index contributed by atoms with van der Waals surface area (Å²) in [4.78, 5) is 0. The number of hydrogen-bond acceptors (Lipinski definition) is 3. The minimum Gasteiger partial charge on any atom is -0.375 e. The minimum atomic E-state index is 0. The van der Waals surface area contributed by atoms with Gasteiger partial charge in [-0.1, -0.05) is 36.8 Å². The summed E-state index contributed by atoms with van der Waals surface area (Å²) in [7, 11) is 0. The summed E-state index contributed by atoms with van der Waals surface area (Å²) in [5.74, 6) is 0. The van der Waals surface area contributed by atoms with Crippen LogP contribution >= 0.6 is 24.8 Å². The van der Waals surface area contributed by atoms with E-state index in [-0.39, 0.29) is 30.9 Å². The fraction of sp³-hybridized carbons (Fsp3) is 0.538. The fourth-order valence-corrected chi connectivity index (χ4v) is 1.54. The molecule has 1 unspecified atom stereocenters. The maximum atomic E-state index is 5.91. The molecule has 106 valence electrons. The second-order valence-corrected chi connectivity index (χ2v) is 4.05. The summed E-state index contributed by atoms with van der Waals surface area (Å²) >= 11 is 0. The van der Waals surface area contributed by atoms with Crippen LogP contribution < -0.4 is 11.5 Å². The molecule has 18 heavy (non-hydrogen) atoms. The predicted octanol–water partition coefficient (Wildman–Crippen LogP) is 2.50. The van der Waals surface area contributed by atoms with Crippen molar-refractivity contribution in [2.45, 2.75) is 31.9 Å². The van der Waals surface area contributed by atoms with Gasteiger partial charge in [-0.05, 0) is 24.9 Å². The molecule has 0 radical (unpaired) electrons. The van der Waals surface area contributed by atoms with E-state index >= 15 is 0 Å². The van der Waals surface area contributed by atoms with Crippen molar-refractivity contribution in [1.82, 2.24) is 0 Å². The highest BCUT2D eigenvalue weighted by molar-refractivity contribution is 5.85. The summed E-state index contributed by atoms with van der Waals surface area (Å²) in [6, 6.07) is 10.3. The zero-order chi connectivity index (χ0) is 11.6. The van der Waals surface area contributed by atoms with Gasteiger partial charge < -0.3 is 16.2 Å². The number of hydrogen-bond donors (Lipinski definition) is 2. The van der Waals surface area contributed by atoms with Gasteiger partial charge in [-0.2, -0.15) is 0 Å². The molecule has 0 heterocycles. The molecule has 0 aliphatic rings. The first-order valence-electron chi connectivity index (χ1n) is 5.90. The van der Waals surface area contributed by atoms with Gasteiger partial charge in [0, 0.05) is 6.04 Å². The van der Waals surface area contributed by atoms with Crippen LogP contribution in [0.15, 0.2) is 30.3 Å². The van der Waals surface area contributed by atoms with Crippen LogP contribution in [-0.2, 0) is 11.3 Å². The number of halogens is 2. The van der Waals surface area contributed by atoms with Crippen molar-refractivity contribution in [3.05, 3.63) is 35.9 Å². The van der Waals surface area contributed by atoms with Gasteiger partial charge in [-0.15, -0.1) is 24.8 Å². The standard InChI is InChI=1S/C13H22N2O.2ClH/c14-9-5-4-8-13(15)11-16-10-12-6-2-1-3-7-12;;/h1-3,6-7,13H,4-5,8-11,14-15H2;2*1H. The maximum absolute atomic E-state index is 5.91. The average Bonchev–Trinajstić information content (AvgIpc) is 2.31. The largest absolute Gasteiger partial charge is 0.375 e. The van der Waals surface area contributed by atoms with Gasteiger partial charge >= 0.3 is 0 Å². The van der Waals surface area contributed by atoms with E-state index in [0.29, 0.717) is 13.2 Å². The molecule has 0 aliphatic carbocycles. The number of ether oxygens (including phenoxy) is 1. The molecule has 1 atom stereocenters. The Bertz CT molecular complexity index is 273. The number of nitrogens with two attached hydrogens (primary N) is 2.